The average Bonchev–Trinajstić information content (AvgIpc) is 3.11. The maximum absolute atomic E-state index is 4.61. The van der Waals surface area contributed by atoms with Gasteiger partial charge < -0.3 is 4.98 Å². The Kier molecular flexibility index (Phi) is 5.80. The Labute approximate surface area is 168 Å². The van der Waals surface area contributed by atoms with Crippen molar-refractivity contribution in [3.8, 4) is 0 Å². The Balaban J connectivity index is 1.32. The van der Waals surface area contributed by atoms with E-state index in [-0.39, 0.29) is 0 Å². The first kappa shape index (κ1) is 18.1. The molecule has 2 heterocycles. The van der Waals surface area contributed by atoms with Crippen LogP contribution in [0.3, 0.4) is 0 Å². The Hall–Kier alpha value is -2.24. The third-order valence-electron chi connectivity index (χ3n) is 4.29. The van der Waals surface area contributed by atoms with Crippen molar-refractivity contribution in [2.75, 3.05) is 5.75 Å². The van der Waals surface area contributed by atoms with E-state index < -0.39 is 0 Å². The topological polar surface area (TPSA) is 41.6 Å². The minimum atomic E-state index is 0.812. The lowest BCUT2D eigenvalue weighted by Crippen LogP contribution is -1.91. The summed E-state index contributed by atoms with van der Waals surface area (Å²) >= 11 is 3.58. The van der Waals surface area contributed by atoms with Crippen molar-refractivity contribution >= 4 is 34.6 Å². The van der Waals surface area contributed by atoms with Crippen LogP contribution < -0.4 is 0 Å². The van der Waals surface area contributed by atoms with Crippen molar-refractivity contribution < 1.29 is 0 Å². The standard InChI is InChI=1S/C22H21N3S2/c1-16-6-8-17(9-7-16)11-13-26-19-10-12-23-18(14-19)15-27-22-24-20-4-2-3-5-21(20)25-22/h2-10,12,14H,11,13,15H2,1H3,(H,24,25). The van der Waals surface area contributed by atoms with E-state index in [1.807, 2.05) is 36.2 Å². The van der Waals surface area contributed by atoms with Crippen LogP contribution in [0, 0.1) is 6.92 Å². The van der Waals surface area contributed by atoms with E-state index in [9.17, 15) is 0 Å². The molecule has 0 fully saturated rings. The number of hydrogen-bond donors (Lipinski definition) is 1. The highest BCUT2D eigenvalue weighted by Crippen LogP contribution is 2.25. The number of nitrogens with one attached hydrogen (secondary N) is 1. The second-order valence-electron chi connectivity index (χ2n) is 6.41. The number of imidazole rings is 1. The molecule has 3 nitrogen and oxygen atoms in total. The Bertz CT molecular complexity index is 992. The molecule has 0 amide bonds. The lowest BCUT2D eigenvalue weighted by Gasteiger charge is -2.05. The lowest BCUT2D eigenvalue weighted by atomic mass is 10.1. The number of benzene rings is 2. The molecule has 5 heteroatoms. The molecule has 4 aromatic rings. The Morgan fingerprint density at radius 2 is 1.81 bits per heavy atom. The SMILES string of the molecule is Cc1ccc(CCSc2ccnc(CSc3nc4ccccc4[nH]3)c2)cc1. The van der Waals surface area contributed by atoms with Gasteiger partial charge in [0.05, 0.1) is 16.7 Å². The minimum absolute atomic E-state index is 0.812. The fourth-order valence-electron chi connectivity index (χ4n) is 2.81. The molecule has 0 saturated heterocycles. The van der Waals surface area contributed by atoms with Gasteiger partial charge in [0.2, 0.25) is 0 Å². The summed E-state index contributed by atoms with van der Waals surface area (Å²) in [5.74, 6) is 1.88. The van der Waals surface area contributed by atoms with Gasteiger partial charge in [-0.25, -0.2) is 4.98 Å². The van der Waals surface area contributed by atoms with Crippen LogP contribution in [-0.4, -0.2) is 20.7 Å². The number of hydrogen-bond acceptors (Lipinski definition) is 4. The summed E-state index contributed by atoms with van der Waals surface area (Å²) in [5.41, 5.74) is 5.87. The molecule has 0 spiro atoms. The summed E-state index contributed by atoms with van der Waals surface area (Å²) in [7, 11) is 0. The van der Waals surface area contributed by atoms with Crippen molar-refractivity contribution in [2.24, 2.45) is 0 Å². The minimum Gasteiger partial charge on any atom is -0.333 e. The van der Waals surface area contributed by atoms with Gasteiger partial charge in [-0.05, 0) is 43.2 Å². The molecule has 0 unspecified atom stereocenters. The van der Waals surface area contributed by atoms with E-state index in [1.165, 1.54) is 16.0 Å². The second-order valence-corrected chi connectivity index (χ2v) is 8.55. The van der Waals surface area contributed by atoms with E-state index in [1.54, 1.807) is 11.8 Å². The smallest absolute Gasteiger partial charge is 0.166 e. The number of thioether (sulfide) groups is 2. The van der Waals surface area contributed by atoms with Crippen molar-refractivity contribution in [1.82, 2.24) is 15.0 Å². The summed E-state index contributed by atoms with van der Waals surface area (Å²) in [6, 6.07) is 21.2. The molecule has 136 valence electrons. The van der Waals surface area contributed by atoms with Crippen molar-refractivity contribution in [2.45, 2.75) is 29.1 Å². The number of nitrogens with zero attached hydrogens (tertiary/aromatic N) is 2. The predicted molar refractivity (Wildman–Crippen MR) is 115 cm³/mol. The molecule has 0 radical (unpaired) electrons. The highest BCUT2D eigenvalue weighted by atomic mass is 32.2. The zero-order valence-electron chi connectivity index (χ0n) is 15.2. The maximum atomic E-state index is 4.61. The van der Waals surface area contributed by atoms with E-state index in [2.05, 4.69) is 64.3 Å². The molecule has 2 aromatic heterocycles. The number of para-hydroxylation sites is 2. The van der Waals surface area contributed by atoms with Gasteiger partial charge in [-0.2, -0.15) is 0 Å². The first-order chi connectivity index (χ1) is 13.3. The predicted octanol–water partition coefficient (Wildman–Crippen LogP) is 5.89. The van der Waals surface area contributed by atoms with Crippen LogP contribution >= 0.6 is 23.5 Å². The van der Waals surface area contributed by atoms with E-state index in [4.69, 9.17) is 0 Å². The van der Waals surface area contributed by atoms with Gasteiger partial charge in [-0.15, -0.1) is 11.8 Å². The number of aryl methyl sites for hydroxylation is 2. The highest BCUT2D eigenvalue weighted by molar-refractivity contribution is 7.99. The molecule has 1 N–H and O–H groups in total. The zero-order chi connectivity index (χ0) is 18.5. The van der Waals surface area contributed by atoms with Crippen molar-refractivity contribution in [3.05, 3.63) is 83.7 Å². The van der Waals surface area contributed by atoms with Crippen molar-refractivity contribution in [3.63, 3.8) is 0 Å². The van der Waals surface area contributed by atoms with E-state index >= 15 is 0 Å². The number of pyridine rings is 1. The lowest BCUT2D eigenvalue weighted by molar-refractivity contribution is 1.07. The number of aromatic amines is 1. The summed E-state index contributed by atoms with van der Waals surface area (Å²) in [6.07, 6.45) is 2.99. The van der Waals surface area contributed by atoms with Crippen LogP contribution in [0.1, 0.15) is 16.8 Å². The van der Waals surface area contributed by atoms with E-state index in [0.717, 1.165) is 39.8 Å². The quantitative estimate of drug-likeness (QED) is 0.399. The molecule has 0 bridgehead atoms. The van der Waals surface area contributed by atoms with Crippen LogP contribution in [0.4, 0.5) is 0 Å². The molecule has 0 atom stereocenters. The molecule has 0 saturated carbocycles. The normalized spacial score (nSPS) is 11.1. The molecular weight excluding hydrogens is 370 g/mol. The summed E-state index contributed by atoms with van der Waals surface area (Å²) in [6.45, 7) is 2.13. The molecule has 0 aliphatic carbocycles. The largest absolute Gasteiger partial charge is 0.333 e. The summed E-state index contributed by atoms with van der Waals surface area (Å²) in [5, 5.41) is 0.940. The summed E-state index contributed by atoms with van der Waals surface area (Å²) < 4.78 is 0. The first-order valence-corrected chi connectivity index (χ1v) is 10.9. The number of fused-ring (bicyclic) bond motifs is 1. The molecule has 4 rings (SSSR count). The third kappa shape index (κ3) is 4.93. The molecular formula is C22H21N3S2. The monoisotopic (exact) mass is 391 g/mol. The Morgan fingerprint density at radius 3 is 2.67 bits per heavy atom. The Morgan fingerprint density at radius 1 is 0.963 bits per heavy atom. The van der Waals surface area contributed by atoms with Gasteiger partial charge in [0.1, 0.15) is 0 Å². The highest BCUT2D eigenvalue weighted by Gasteiger charge is 2.05. The molecule has 2 aromatic carbocycles. The second kappa shape index (κ2) is 8.63. The number of aromatic nitrogens is 3. The first-order valence-electron chi connectivity index (χ1n) is 8.97. The van der Waals surface area contributed by atoms with Crippen LogP contribution in [0.25, 0.3) is 11.0 Å². The van der Waals surface area contributed by atoms with Crippen LogP contribution in [-0.2, 0) is 12.2 Å². The average molecular weight is 392 g/mol. The van der Waals surface area contributed by atoms with Gasteiger partial charge in [-0.3, -0.25) is 4.98 Å². The molecule has 27 heavy (non-hydrogen) atoms. The van der Waals surface area contributed by atoms with Crippen molar-refractivity contribution in [1.29, 1.82) is 0 Å². The van der Waals surface area contributed by atoms with Crippen LogP contribution in [0.5, 0.6) is 0 Å². The van der Waals surface area contributed by atoms with Crippen LogP contribution in [0.2, 0.25) is 0 Å². The van der Waals surface area contributed by atoms with Gasteiger partial charge in [0.15, 0.2) is 5.16 Å². The molecule has 0 aliphatic heterocycles. The fourth-order valence-corrected chi connectivity index (χ4v) is 4.54. The van der Waals surface area contributed by atoms with Gasteiger partial charge in [0, 0.05) is 22.6 Å². The maximum Gasteiger partial charge on any atom is 0.166 e. The summed E-state index contributed by atoms with van der Waals surface area (Å²) in [4.78, 5) is 13.8. The van der Waals surface area contributed by atoms with Gasteiger partial charge in [-0.1, -0.05) is 53.7 Å². The third-order valence-corrected chi connectivity index (χ3v) is 6.19. The molecule has 0 aliphatic rings. The van der Waals surface area contributed by atoms with Crippen LogP contribution in [0.15, 0.2) is 76.9 Å². The number of rotatable bonds is 7. The fraction of sp³-hybridized carbons (Fsp3) is 0.182. The van der Waals surface area contributed by atoms with Gasteiger partial charge >= 0.3 is 0 Å². The number of H-pyrrole nitrogens is 1. The zero-order valence-corrected chi connectivity index (χ0v) is 16.8. The van der Waals surface area contributed by atoms with Gasteiger partial charge in [0.25, 0.3) is 0 Å². The van der Waals surface area contributed by atoms with E-state index in [0.29, 0.717) is 0 Å².